The summed E-state index contributed by atoms with van der Waals surface area (Å²) in [5.41, 5.74) is 0.583. The molecule has 1 N–H and O–H groups in total. The van der Waals surface area contributed by atoms with Gasteiger partial charge in [0, 0.05) is 13.0 Å². The summed E-state index contributed by atoms with van der Waals surface area (Å²) in [5, 5.41) is 2.93. The van der Waals surface area contributed by atoms with Crippen LogP contribution in [-0.2, 0) is 9.59 Å². The number of carbonyl (C=O) groups excluding carboxylic acids is 2. The number of nitrogens with one attached hydrogen (secondary N) is 1. The van der Waals surface area contributed by atoms with Crippen molar-refractivity contribution in [2.45, 2.75) is 18.6 Å². The molecule has 1 heterocycles. The van der Waals surface area contributed by atoms with Crippen LogP contribution in [0.2, 0.25) is 10.0 Å². The number of carbonyl (C=O) groups is 2. The van der Waals surface area contributed by atoms with Gasteiger partial charge < -0.3 is 5.32 Å². The van der Waals surface area contributed by atoms with Gasteiger partial charge in [0.05, 0.1) is 21.4 Å². The summed E-state index contributed by atoms with van der Waals surface area (Å²) < 4.78 is 13.8. The molecular formula is C19H16Cl2FN3O2S. The fraction of sp³-hybridized carbons (Fsp3) is 0.211. The molecule has 2 aromatic rings. The maximum atomic E-state index is 13.8. The fourth-order valence-corrected chi connectivity index (χ4v) is 4.05. The van der Waals surface area contributed by atoms with Crippen molar-refractivity contribution in [2.24, 2.45) is 4.99 Å². The van der Waals surface area contributed by atoms with Crippen LogP contribution in [-0.4, -0.2) is 33.7 Å². The second-order valence-electron chi connectivity index (χ2n) is 5.91. The number of para-hydroxylation sites is 1. The first kappa shape index (κ1) is 20.6. The van der Waals surface area contributed by atoms with Crippen molar-refractivity contribution in [3.63, 3.8) is 0 Å². The lowest BCUT2D eigenvalue weighted by Gasteiger charge is -2.31. The Morgan fingerprint density at radius 3 is 2.71 bits per heavy atom. The van der Waals surface area contributed by atoms with Crippen LogP contribution >= 0.6 is 35.0 Å². The Bertz CT molecular complexity index is 955. The van der Waals surface area contributed by atoms with Crippen molar-refractivity contribution in [2.75, 3.05) is 11.9 Å². The highest BCUT2D eigenvalue weighted by Gasteiger charge is 2.35. The van der Waals surface area contributed by atoms with Gasteiger partial charge in [0.25, 0.3) is 0 Å². The third kappa shape index (κ3) is 4.66. The van der Waals surface area contributed by atoms with Crippen molar-refractivity contribution in [3.05, 3.63) is 58.3 Å². The highest BCUT2D eigenvalue weighted by molar-refractivity contribution is 8.15. The van der Waals surface area contributed by atoms with Crippen molar-refractivity contribution in [1.82, 2.24) is 4.90 Å². The molecule has 9 heteroatoms. The number of halogens is 3. The van der Waals surface area contributed by atoms with Crippen molar-refractivity contribution >= 4 is 63.3 Å². The van der Waals surface area contributed by atoms with E-state index < -0.39 is 17.0 Å². The largest absolute Gasteiger partial charge is 0.323 e. The molecule has 0 radical (unpaired) electrons. The Kier molecular flexibility index (Phi) is 6.59. The molecule has 0 bridgehead atoms. The highest BCUT2D eigenvalue weighted by atomic mass is 35.5. The van der Waals surface area contributed by atoms with E-state index in [9.17, 15) is 14.0 Å². The van der Waals surface area contributed by atoms with Gasteiger partial charge >= 0.3 is 0 Å². The lowest BCUT2D eigenvalue weighted by Crippen LogP contribution is -2.45. The first-order valence-electron chi connectivity index (χ1n) is 8.45. The number of amides is 2. The third-order valence-electron chi connectivity index (χ3n) is 4.01. The van der Waals surface area contributed by atoms with Gasteiger partial charge in [-0.25, -0.2) is 9.38 Å². The molecule has 1 fully saturated rings. The number of hydrogen-bond acceptors (Lipinski definition) is 4. The van der Waals surface area contributed by atoms with E-state index in [0.717, 1.165) is 11.8 Å². The Morgan fingerprint density at radius 1 is 1.29 bits per heavy atom. The molecule has 0 aromatic heterocycles. The number of nitrogens with zero attached hydrogens (tertiary/aromatic N) is 2. The second-order valence-corrected chi connectivity index (χ2v) is 7.89. The lowest BCUT2D eigenvalue weighted by molar-refractivity contribution is -0.129. The molecule has 1 atom stereocenters. The van der Waals surface area contributed by atoms with E-state index in [1.54, 1.807) is 24.3 Å². The highest BCUT2D eigenvalue weighted by Crippen LogP contribution is 2.32. The van der Waals surface area contributed by atoms with E-state index in [2.05, 4.69) is 10.3 Å². The van der Waals surface area contributed by atoms with Crippen LogP contribution < -0.4 is 5.32 Å². The topological polar surface area (TPSA) is 61.8 Å². The lowest BCUT2D eigenvalue weighted by atomic mass is 10.2. The SMILES string of the molecule is CCN1C(=O)CC(C(=O)Nc2ccccc2F)SC1=Nc1ccc(Cl)c(Cl)c1. The average Bonchev–Trinajstić information content (AvgIpc) is 2.66. The van der Waals surface area contributed by atoms with Crippen LogP contribution in [0.4, 0.5) is 15.8 Å². The molecular weight excluding hydrogens is 424 g/mol. The normalized spacial score (nSPS) is 18.4. The molecule has 28 heavy (non-hydrogen) atoms. The summed E-state index contributed by atoms with van der Waals surface area (Å²) in [5.74, 6) is -1.22. The minimum atomic E-state index is -0.726. The van der Waals surface area contributed by atoms with Gasteiger partial charge in [0.15, 0.2) is 5.17 Å². The van der Waals surface area contributed by atoms with Gasteiger partial charge in [-0.1, -0.05) is 47.1 Å². The van der Waals surface area contributed by atoms with Gasteiger partial charge in [-0.3, -0.25) is 14.5 Å². The standard InChI is InChI=1S/C19H16Cl2FN3O2S/c1-2-25-17(26)10-16(18(27)24-15-6-4-3-5-14(15)22)28-19(25)23-11-7-8-12(20)13(21)9-11/h3-9,16H,2,10H2,1H3,(H,24,27). The molecule has 0 aliphatic carbocycles. The quantitative estimate of drug-likeness (QED) is 0.719. The summed E-state index contributed by atoms with van der Waals surface area (Å²) >= 11 is 13.1. The van der Waals surface area contributed by atoms with E-state index in [1.165, 1.54) is 23.1 Å². The Balaban J connectivity index is 1.84. The van der Waals surface area contributed by atoms with E-state index in [0.29, 0.717) is 27.4 Å². The molecule has 1 unspecified atom stereocenters. The van der Waals surface area contributed by atoms with Gasteiger partial charge in [-0.2, -0.15) is 0 Å². The molecule has 2 aromatic carbocycles. The number of anilines is 1. The third-order valence-corrected chi connectivity index (χ3v) is 5.93. The predicted molar refractivity (Wildman–Crippen MR) is 112 cm³/mol. The number of amidine groups is 1. The molecule has 1 saturated heterocycles. The number of benzene rings is 2. The van der Waals surface area contributed by atoms with Crippen LogP contribution in [0, 0.1) is 5.82 Å². The Morgan fingerprint density at radius 2 is 2.04 bits per heavy atom. The Hall–Kier alpha value is -2.09. The van der Waals surface area contributed by atoms with Gasteiger partial charge in [0.1, 0.15) is 11.1 Å². The number of thioether (sulfide) groups is 1. The molecule has 0 spiro atoms. The molecule has 1 aliphatic rings. The first-order valence-corrected chi connectivity index (χ1v) is 10.1. The van der Waals surface area contributed by atoms with Gasteiger partial charge in [-0.05, 0) is 37.3 Å². The van der Waals surface area contributed by atoms with E-state index in [-0.39, 0.29) is 18.0 Å². The average molecular weight is 440 g/mol. The summed E-state index contributed by atoms with van der Waals surface area (Å²) in [7, 11) is 0. The minimum Gasteiger partial charge on any atom is -0.323 e. The van der Waals surface area contributed by atoms with E-state index in [1.807, 2.05) is 6.92 Å². The molecule has 3 rings (SSSR count). The molecule has 146 valence electrons. The monoisotopic (exact) mass is 439 g/mol. The smallest absolute Gasteiger partial charge is 0.238 e. The van der Waals surface area contributed by atoms with E-state index in [4.69, 9.17) is 23.2 Å². The van der Waals surface area contributed by atoms with Crippen LogP contribution in [0.3, 0.4) is 0 Å². The molecule has 2 amide bonds. The Labute approximate surface area is 175 Å². The molecule has 1 aliphatic heterocycles. The van der Waals surface area contributed by atoms with Crippen LogP contribution in [0.15, 0.2) is 47.5 Å². The second kappa shape index (κ2) is 8.94. The molecule has 0 saturated carbocycles. The van der Waals surface area contributed by atoms with Crippen LogP contribution in [0.1, 0.15) is 13.3 Å². The fourth-order valence-electron chi connectivity index (χ4n) is 2.59. The maximum absolute atomic E-state index is 13.8. The zero-order valence-electron chi connectivity index (χ0n) is 14.8. The van der Waals surface area contributed by atoms with Crippen LogP contribution in [0.5, 0.6) is 0 Å². The summed E-state index contributed by atoms with van der Waals surface area (Å²) in [6.07, 6.45) is -0.000807. The van der Waals surface area contributed by atoms with Crippen molar-refractivity contribution in [3.8, 4) is 0 Å². The zero-order chi connectivity index (χ0) is 20.3. The molecule has 5 nitrogen and oxygen atoms in total. The first-order chi connectivity index (χ1) is 13.4. The summed E-state index contributed by atoms with van der Waals surface area (Å²) in [6, 6.07) is 10.7. The summed E-state index contributed by atoms with van der Waals surface area (Å²) in [4.78, 5) is 31.1. The predicted octanol–water partition coefficient (Wildman–Crippen LogP) is 5.11. The zero-order valence-corrected chi connectivity index (χ0v) is 17.1. The minimum absolute atomic E-state index is 0.000807. The van der Waals surface area contributed by atoms with Gasteiger partial charge in [0.2, 0.25) is 11.8 Å². The maximum Gasteiger partial charge on any atom is 0.238 e. The summed E-state index contributed by atoms with van der Waals surface area (Å²) in [6.45, 7) is 2.23. The van der Waals surface area contributed by atoms with Crippen molar-refractivity contribution in [1.29, 1.82) is 0 Å². The van der Waals surface area contributed by atoms with Gasteiger partial charge in [-0.15, -0.1) is 0 Å². The number of hydrogen-bond donors (Lipinski definition) is 1. The van der Waals surface area contributed by atoms with Crippen LogP contribution in [0.25, 0.3) is 0 Å². The number of rotatable bonds is 4. The van der Waals surface area contributed by atoms with Crippen molar-refractivity contribution < 1.29 is 14.0 Å². The number of aliphatic imine (C=N–C) groups is 1. The van der Waals surface area contributed by atoms with E-state index >= 15 is 0 Å².